The predicted octanol–water partition coefficient (Wildman–Crippen LogP) is 7.06. The highest BCUT2D eigenvalue weighted by molar-refractivity contribution is 7.25. The Morgan fingerprint density at radius 1 is 0.778 bits per heavy atom. The molecule has 27 heavy (non-hydrogen) atoms. The van der Waals surface area contributed by atoms with Gasteiger partial charge in [-0.1, -0.05) is 48.0 Å². The minimum absolute atomic E-state index is 0.382. The van der Waals surface area contributed by atoms with Gasteiger partial charge in [-0.25, -0.2) is 9.97 Å². The molecule has 0 saturated heterocycles. The van der Waals surface area contributed by atoms with Crippen molar-refractivity contribution in [1.29, 1.82) is 0 Å². The molecule has 0 amide bonds. The van der Waals surface area contributed by atoms with E-state index in [1.807, 2.05) is 30.3 Å². The Bertz CT molecular complexity index is 1500. The number of fused-ring (bicyclic) bond motifs is 6. The van der Waals surface area contributed by atoms with Gasteiger partial charge in [0.05, 0.1) is 0 Å². The summed E-state index contributed by atoms with van der Waals surface area (Å²) in [4.78, 5) is 9.28. The highest BCUT2D eigenvalue weighted by Gasteiger charge is 2.16. The number of furan rings is 1. The Labute approximate surface area is 162 Å². The second-order valence-corrected chi connectivity index (χ2v) is 7.87. The maximum atomic E-state index is 6.53. The largest absolute Gasteiger partial charge is 0.436 e. The molecule has 0 fully saturated rings. The first kappa shape index (κ1) is 15.1. The van der Waals surface area contributed by atoms with Crippen LogP contribution in [0.5, 0.6) is 0 Å². The zero-order chi connectivity index (χ0) is 18.0. The smallest absolute Gasteiger partial charge is 0.247 e. The maximum absolute atomic E-state index is 6.53. The van der Waals surface area contributed by atoms with Crippen molar-refractivity contribution in [2.45, 2.75) is 0 Å². The van der Waals surface area contributed by atoms with E-state index in [1.165, 1.54) is 20.2 Å². The van der Waals surface area contributed by atoms with Crippen molar-refractivity contribution in [2.24, 2.45) is 0 Å². The van der Waals surface area contributed by atoms with Crippen molar-refractivity contribution in [3.63, 3.8) is 0 Å². The Kier molecular flexibility index (Phi) is 3.10. The van der Waals surface area contributed by atoms with Crippen molar-refractivity contribution in [3.8, 4) is 11.3 Å². The molecule has 0 aliphatic carbocycles. The molecule has 0 unspecified atom stereocenters. The zero-order valence-electron chi connectivity index (χ0n) is 13.9. The van der Waals surface area contributed by atoms with Gasteiger partial charge in [-0.05, 0) is 30.3 Å². The number of halogens is 1. The molecule has 5 heteroatoms. The van der Waals surface area contributed by atoms with Crippen LogP contribution in [0, 0.1) is 0 Å². The lowest BCUT2D eigenvalue weighted by Gasteiger charge is -2.03. The average molecular weight is 387 g/mol. The van der Waals surface area contributed by atoms with Crippen molar-refractivity contribution < 1.29 is 4.42 Å². The van der Waals surface area contributed by atoms with E-state index in [1.54, 1.807) is 11.3 Å². The molecule has 0 saturated carbocycles. The zero-order valence-corrected chi connectivity index (χ0v) is 15.5. The van der Waals surface area contributed by atoms with E-state index in [4.69, 9.17) is 21.0 Å². The standard InChI is InChI=1S/C22H11ClN2OS/c23-21-19(25-22-20(24-21)14-6-1-3-7-16(14)26-22)12-9-10-18-15(11-12)13-5-2-4-8-17(13)27-18/h1-11H. The van der Waals surface area contributed by atoms with Crippen molar-refractivity contribution in [1.82, 2.24) is 9.97 Å². The molecule has 6 rings (SSSR count). The van der Waals surface area contributed by atoms with Gasteiger partial charge in [0, 0.05) is 31.1 Å². The second-order valence-electron chi connectivity index (χ2n) is 6.42. The summed E-state index contributed by atoms with van der Waals surface area (Å²) in [6.45, 7) is 0. The number of hydrogen-bond donors (Lipinski definition) is 0. The molecule has 128 valence electrons. The quantitative estimate of drug-likeness (QED) is 0.303. The highest BCUT2D eigenvalue weighted by Crippen LogP contribution is 2.38. The molecule has 0 radical (unpaired) electrons. The van der Waals surface area contributed by atoms with Crippen LogP contribution in [-0.2, 0) is 0 Å². The van der Waals surface area contributed by atoms with E-state index in [0.29, 0.717) is 22.1 Å². The number of aromatic nitrogens is 2. The molecular weight excluding hydrogens is 376 g/mol. The number of nitrogens with zero attached hydrogens (tertiary/aromatic N) is 2. The molecule has 3 heterocycles. The van der Waals surface area contributed by atoms with E-state index < -0.39 is 0 Å². The summed E-state index contributed by atoms with van der Waals surface area (Å²) >= 11 is 8.31. The summed E-state index contributed by atoms with van der Waals surface area (Å²) in [5, 5.41) is 3.75. The molecule has 0 spiro atoms. The third-order valence-corrected chi connectivity index (χ3v) is 6.24. The number of rotatable bonds is 1. The third-order valence-electron chi connectivity index (χ3n) is 4.82. The predicted molar refractivity (Wildman–Crippen MR) is 113 cm³/mol. The third kappa shape index (κ3) is 2.21. The van der Waals surface area contributed by atoms with Gasteiger partial charge in [0.15, 0.2) is 5.15 Å². The Balaban J connectivity index is 1.63. The lowest BCUT2D eigenvalue weighted by Crippen LogP contribution is -1.89. The van der Waals surface area contributed by atoms with Crippen molar-refractivity contribution in [2.75, 3.05) is 0 Å². The van der Waals surface area contributed by atoms with Gasteiger partial charge in [-0.3, -0.25) is 0 Å². The summed E-state index contributed by atoms with van der Waals surface area (Å²) in [7, 11) is 0. The van der Waals surface area contributed by atoms with Crippen LogP contribution in [0.4, 0.5) is 0 Å². The van der Waals surface area contributed by atoms with Crippen LogP contribution in [0.25, 0.3) is 53.6 Å². The van der Waals surface area contributed by atoms with E-state index in [0.717, 1.165) is 16.5 Å². The monoisotopic (exact) mass is 386 g/mol. The van der Waals surface area contributed by atoms with Gasteiger partial charge >= 0.3 is 0 Å². The topological polar surface area (TPSA) is 38.9 Å². The molecule has 3 aromatic carbocycles. The summed E-state index contributed by atoms with van der Waals surface area (Å²) in [5.74, 6) is 0. The SMILES string of the molecule is Clc1nc2c(nc1-c1ccc3sc4ccccc4c3c1)oc1ccccc12. The Morgan fingerprint density at radius 3 is 2.48 bits per heavy atom. The van der Waals surface area contributed by atoms with Gasteiger partial charge in [-0.2, -0.15) is 0 Å². The fourth-order valence-electron chi connectivity index (χ4n) is 3.56. The van der Waals surface area contributed by atoms with Crippen molar-refractivity contribution >= 4 is 65.3 Å². The fourth-order valence-corrected chi connectivity index (χ4v) is 4.88. The molecule has 0 aliphatic heterocycles. The first-order valence-corrected chi connectivity index (χ1v) is 9.74. The van der Waals surface area contributed by atoms with Crippen LogP contribution in [-0.4, -0.2) is 9.97 Å². The number of para-hydroxylation sites is 1. The van der Waals surface area contributed by atoms with Crippen molar-refractivity contribution in [3.05, 3.63) is 71.9 Å². The van der Waals surface area contributed by atoms with E-state index >= 15 is 0 Å². The van der Waals surface area contributed by atoms with Crippen LogP contribution >= 0.6 is 22.9 Å². The first-order valence-electron chi connectivity index (χ1n) is 8.54. The maximum Gasteiger partial charge on any atom is 0.247 e. The van der Waals surface area contributed by atoms with Crippen LogP contribution in [0.15, 0.2) is 71.1 Å². The van der Waals surface area contributed by atoms with Gasteiger partial charge in [0.25, 0.3) is 0 Å². The lowest BCUT2D eigenvalue weighted by molar-refractivity contribution is 0.653. The van der Waals surface area contributed by atoms with Gasteiger partial charge in [0.1, 0.15) is 16.8 Å². The molecule has 3 aromatic heterocycles. The fraction of sp³-hybridized carbons (Fsp3) is 0. The average Bonchev–Trinajstić information content (AvgIpc) is 3.24. The normalized spacial score (nSPS) is 11.9. The van der Waals surface area contributed by atoms with Crippen LogP contribution in [0.2, 0.25) is 5.15 Å². The lowest BCUT2D eigenvalue weighted by atomic mass is 10.1. The summed E-state index contributed by atoms with van der Waals surface area (Å²) in [5.41, 5.74) is 3.54. The van der Waals surface area contributed by atoms with E-state index in [-0.39, 0.29) is 0 Å². The van der Waals surface area contributed by atoms with Crippen LogP contribution < -0.4 is 0 Å². The molecule has 0 aliphatic rings. The Morgan fingerprint density at radius 2 is 1.56 bits per heavy atom. The minimum Gasteiger partial charge on any atom is -0.436 e. The summed E-state index contributed by atoms with van der Waals surface area (Å²) < 4.78 is 8.40. The summed E-state index contributed by atoms with van der Waals surface area (Å²) in [6, 6.07) is 22.5. The number of hydrogen-bond acceptors (Lipinski definition) is 4. The number of benzene rings is 3. The van der Waals surface area contributed by atoms with Crippen LogP contribution in [0.3, 0.4) is 0 Å². The van der Waals surface area contributed by atoms with Gasteiger partial charge < -0.3 is 4.42 Å². The molecule has 0 N–H and O–H groups in total. The van der Waals surface area contributed by atoms with Gasteiger partial charge in [-0.15, -0.1) is 11.3 Å². The molecule has 0 atom stereocenters. The second kappa shape index (κ2) is 5.52. The molecule has 3 nitrogen and oxygen atoms in total. The molecule has 0 bridgehead atoms. The van der Waals surface area contributed by atoms with Crippen LogP contribution in [0.1, 0.15) is 0 Å². The Hall–Kier alpha value is -2.95. The number of thiophene rings is 1. The molecular formula is C22H11ClN2OS. The minimum atomic E-state index is 0.382. The molecule has 6 aromatic rings. The first-order chi connectivity index (χ1) is 13.3. The highest BCUT2D eigenvalue weighted by atomic mass is 35.5. The van der Waals surface area contributed by atoms with Gasteiger partial charge in [0.2, 0.25) is 5.71 Å². The van der Waals surface area contributed by atoms with E-state index in [2.05, 4.69) is 41.4 Å². The summed E-state index contributed by atoms with van der Waals surface area (Å²) in [6.07, 6.45) is 0. The van der Waals surface area contributed by atoms with E-state index in [9.17, 15) is 0 Å².